The Morgan fingerprint density at radius 3 is 2.23 bits per heavy atom. The van der Waals surface area contributed by atoms with Crippen molar-refractivity contribution in [2.75, 3.05) is 0 Å². The Hall–Kier alpha value is -0.490. The molecule has 1 unspecified atom stereocenters. The molecule has 0 radical (unpaired) electrons. The van der Waals surface area contributed by atoms with E-state index in [1.165, 1.54) is 0 Å². The van der Waals surface area contributed by atoms with Crippen molar-refractivity contribution in [3.63, 3.8) is 0 Å². The van der Waals surface area contributed by atoms with Crippen LogP contribution in [0.3, 0.4) is 0 Å². The zero-order valence-corrected chi connectivity index (χ0v) is 23.5. The molecular formula is C30H50O5. The second kappa shape index (κ2) is 8.01. The van der Waals surface area contributed by atoms with E-state index in [1.807, 2.05) is 13.8 Å². The molecule has 1 spiro atoms. The van der Waals surface area contributed by atoms with Crippen molar-refractivity contribution >= 4 is 5.78 Å². The van der Waals surface area contributed by atoms with Gasteiger partial charge in [-0.05, 0) is 96.3 Å². The lowest BCUT2D eigenvalue weighted by molar-refractivity contribution is -0.289. The number of rotatable bonds is 3. The van der Waals surface area contributed by atoms with Crippen LogP contribution in [0.15, 0.2) is 0 Å². The zero-order valence-electron chi connectivity index (χ0n) is 23.5. The summed E-state index contributed by atoms with van der Waals surface area (Å²) >= 11 is 0. The summed E-state index contributed by atoms with van der Waals surface area (Å²) in [4.78, 5) is 12.9. The maximum Gasteiger partial charge on any atom is 0.172 e. The van der Waals surface area contributed by atoms with Crippen LogP contribution in [0.25, 0.3) is 0 Å². The van der Waals surface area contributed by atoms with E-state index in [9.17, 15) is 9.90 Å². The summed E-state index contributed by atoms with van der Waals surface area (Å²) in [6.45, 7) is 17.4. The molecule has 5 rings (SSSR count). The second-order valence-electron chi connectivity index (χ2n) is 14.6. The number of ether oxygens (including phenoxy) is 3. The number of ketones is 1. The molecular weight excluding hydrogens is 440 g/mol. The molecule has 0 aromatic heterocycles. The van der Waals surface area contributed by atoms with Gasteiger partial charge in [-0.2, -0.15) is 0 Å². The molecule has 5 aliphatic rings. The maximum atomic E-state index is 12.9. The highest BCUT2D eigenvalue weighted by molar-refractivity contribution is 5.86. The number of carbonyl (C=O) groups is 1. The van der Waals surface area contributed by atoms with Gasteiger partial charge in [0.05, 0.1) is 23.4 Å². The third-order valence-electron chi connectivity index (χ3n) is 12.1. The molecule has 35 heavy (non-hydrogen) atoms. The third-order valence-corrected chi connectivity index (χ3v) is 12.1. The molecule has 2 bridgehead atoms. The van der Waals surface area contributed by atoms with Crippen LogP contribution < -0.4 is 0 Å². The predicted octanol–water partition coefficient (Wildman–Crippen LogP) is 6.20. The van der Waals surface area contributed by atoms with Crippen molar-refractivity contribution in [3.05, 3.63) is 0 Å². The SMILES string of the molecule is C[C@@H]1CC[C@]23O[C@@H](CCC2[C@@]1(C)CC[C@]1(O)[C@@H](C)CC[C@@H]2OC(C)(C)C(=O)CC[C@]21C)C(C)(C)O3. The molecule has 1 N–H and O–H groups in total. The highest BCUT2D eigenvalue weighted by Gasteiger charge is 2.66. The number of fused-ring (bicyclic) bond motifs is 2. The molecule has 5 nitrogen and oxygen atoms in total. The Morgan fingerprint density at radius 2 is 1.51 bits per heavy atom. The maximum absolute atomic E-state index is 12.9. The first-order chi connectivity index (χ1) is 16.1. The van der Waals surface area contributed by atoms with E-state index in [2.05, 4.69) is 41.5 Å². The van der Waals surface area contributed by atoms with Gasteiger partial charge in [0, 0.05) is 24.2 Å². The Balaban J connectivity index is 1.43. The van der Waals surface area contributed by atoms with Gasteiger partial charge in [0.2, 0.25) is 0 Å². The van der Waals surface area contributed by atoms with Crippen LogP contribution in [0.2, 0.25) is 0 Å². The molecule has 0 amide bonds. The van der Waals surface area contributed by atoms with E-state index < -0.39 is 22.4 Å². The summed E-state index contributed by atoms with van der Waals surface area (Å²) in [7, 11) is 0. The van der Waals surface area contributed by atoms with E-state index in [0.717, 1.165) is 51.4 Å². The van der Waals surface area contributed by atoms with E-state index in [-0.39, 0.29) is 34.9 Å². The molecule has 9 atom stereocenters. The molecule has 2 saturated carbocycles. The van der Waals surface area contributed by atoms with E-state index in [1.54, 1.807) is 0 Å². The molecule has 200 valence electrons. The number of hydrogen-bond acceptors (Lipinski definition) is 5. The lowest BCUT2D eigenvalue weighted by atomic mass is 9.51. The fourth-order valence-corrected chi connectivity index (χ4v) is 9.10. The van der Waals surface area contributed by atoms with Crippen LogP contribution >= 0.6 is 0 Å². The van der Waals surface area contributed by atoms with Crippen molar-refractivity contribution in [3.8, 4) is 0 Å². The second-order valence-corrected chi connectivity index (χ2v) is 14.6. The first kappa shape index (κ1) is 26.1. The van der Waals surface area contributed by atoms with E-state index in [4.69, 9.17) is 14.2 Å². The molecule has 3 heterocycles. The van der Waals surface area contributed by atoms with Gasteiger partial charge in [-0.25, -0.2) is 0 Å². The summed E-state index contributed by atoms with van der Waals surface area (Å²) in [6, 6.07) is 0. The lowest BCUT2D eigenvalue weighted by Crippen LogP contribution is -2.62. The number of carbonyl (C=O) groups excluding carboxylic acids is 1. The van der Waals surface area contributed by atoms with Gasteiger partial charge in [-0.3, -0.25) is 4.79 Å². The van der Waals surface area contributed by atoms with Crippen molar-refractivity contribution in [1.82, 2.24) is 0 Å². The average molecular weight is 491 g/mol. The minimum Gasteiger partial charge on any atom is -0.389 e. The van der Waals surface area contributed by atoms with Crippen LogP contribution in [0.1, 0.15) is 120 Å². The first-order valence-corrected chi connectivity index (χ1v) is 14.4. The number of hydrogen-bond donors (Lipinski definition) is 1. The number of aliphatic hydroxyl groups is 1. The standard InChI is InChI=1S/C30H50O5/c1-19-13-16-30-21(10-12-23(34-30)26(5,6)35-30)27(19,7)17-18-29(32)20(2)9-11-24-28(29,8)15-14-22(31)25(3,4)33-24/h19-21,23-24,32H,9-18H2,1-8H3/t19-,20+,21?,23+,24+,27+,28-,29+,30-/m1/s1. The highest BCUT2D eigenvalue weighted by Crippen LogP contribution is 2.64. The van der Waals surface area contributed by atoms with Crippen molar-refractivity contribution in [1.29, 1.82) is 0 Å². The third kappa shape index (κ3) is 3.65. The molecule has 3 aliphatic heterocycles. The summed E-state index contributed by atoms with van der Waals surface area (Å²) < 4.78 is 20.0. The summed E-state index contributed by atoms with van der Waals surface area (Å²) in [5.74, 6) is 0.751. The lowest BCUT2D eigenvalue weighted by Gasteiger charge is -2.59. The van der Waals surface area contributed by atoms with Gasteiger partial charge in [0.15, 0.2) is 11.6 Å². The van der Waals surface area contributed by atoms with Crippen LogP contribution in [-0.2, 0) is 19.0 Å². The fourth-order valence-electron chi connectivity index (χ4n) is 9.10. The minimum atomic E-state index is -0.863. The Labute approximate surface area is 213 Å². The van der Waals surface area contributed by atoms with Gasteiger partial charge >= 0.3 is 0 Å². The Morgan fingerprint density at radius 1 is 0.829 bits per heavy atom. The van der Waals surface area contributed by atoms with Gasteiger partial charge in [-0.15, -0.1) is 0 Å². The van der Waals surface area contributed by atoms with Crippen LogP contribution in [0.5, 0.6) is 0 Å². The summed E-state index contributed by atoms with van der Waals surface area (Å²) in [6.07, 6.45) is 9.04. The van der Waals surface area contributed by atoms with Gasteiger partial charge in [-0.1, -0.05) is 27.7 Å². The quantitative estimate of drug-likeness (QED) is 0.510. The van der Waals surface area contributed by atoms with E-state index >= 15 is 0 Å². The highest BCUT2D eigenvalue weighted by atomic mass is 16.8. The largest absolute Gasteiger partial charge is 0.389 e. The Bertz CT molecular complexity index is 867. The molecule has 5 fully saturated rings. The zero-order chi connectivity index (χ0) is 25.7. The van der Waals surface area contributed by atoms with Gasteiger partial charge < -0.3 is 19.3 Å². The predicted molar refractivity (Wildman–Crippen MR) is 136 cm³/mol. The van der Waals surface area contributed by atoms with Gasteiger partial charge in [0.1, 0.15) is 5.60 Å². The van der Waals surface area contributed by atoms with Crippen molar-refractivity contribution in [2.45, 2.75) is 154 Å². The normalized spacial score (nSPS) is 52.9. The Kier molecular flexibility index (Phi) is 5.98. The number of Topliss-reactive ketones (excluding diaryl/α,β-unsaturated/α-hetero) is 1. The van der Waals surface area contributed by atoms with Crippen molar-refractivity contribution < 1.29 is 24.1 Å². The molecule has 0 aromatic carbocycles. The van der Waals surface area contributed by atoms with Crippen LogP contribution in [0.4, 0.5) is 0 Å². The van der Waals surface area contributed by atoms with Crippen LogP contribution in [0, 0.1) is 28.6 Å². The molecule has 5 heteroatoms. The fraction of sp³-hybridized carbons (Fsp3) is 0.967. The molecule has 0 aromatic rings. The summed E-state index contributed by atoms with van der Waals surface area (Å²) in [5, 5.41) is 12.6. The van der Waals surface area contributed by atoms with Crippen LogP contribution in [-0.4, -0.2) is 45.7 Å². The topological polar surface area (TPSA) is 65.0 Å². The first-order valence-electron chi connectivity index (χ1n) is 14.4. The average Bonchev–Trinajstić information content (AvgIpc) is 2.92. The molecule has 2 aliphatic carbocycles. The van der Waals surface area contributed by atoms with Gasteiger partial charge in [0.25, 0.3) is 0 Å². The monoisotopic (exact) mass is 490 g/mol. The summed E-state index contributed by atoms with van der Waals surface area (Å²) in [5.41, 5.74) is -2.27. The molecule has 3 saturated heterocycles. The minimum absolute atomic E-state index is 0.0308. The smallest absolute Gasteiger partial charge is 0.172 e. The van der Waals surface area contributed by atoms with E-state index in [0.29, 0.717) is 24.7 Å². The van der Waals surface area contributed by atoms with Crippen molar-refractivity contribution in [2.24, 2.45) is 28.6 Å².